The molecule has 3 N–H and O–H groups in total. The number of nitrogens with zero attached hydrogens (tertiary/aromatic N) is 1. The van der Waals surface area contributed by atoms with Crippen LogP contribution in [0.5, 0.6) is 0 Å². The van der Waals surface area contributed by atoms with Crippen molar-refractivity contribution in [3.05, 3.63) is 41.0 Å². The molecule has 0 aliphatic carbocycles. The first-order valence-corrected chi connectivity index (χ1v) is 5.97. The number of aromatic nitrogens is 1. The number of aliphatic carboxylic acids is 1. The van der Waals surface area contributed by atoms with Crippen molar-refractivity contribution in [3.8, 4) is 0 Å². The van der Waals surface area contributed by atoms with E-state index in [-0.39, 0.29) is 12.5 Å². The zero-order chi connectivity index (χ0) is 13.1. The highest BCUT2D eigenvalue weighted by atomic mass is 35.5. The van der Waals surface area contributed by atoms with Crippen LogP contribution in [0.1, 0.15) is 24.4 Å². The quantitative estimate of drug-likeness (QED) is 0.890. The molecule has 94 valence electrons. The van der Waals surface area contributed by atoms with Crippen molar-refractivity contribution in [3.63, 3.8) is 0 Å². The van der Waals surface area contributed by atoms with Crippen molar-refractivity contribution in [1.29, 1.82) is 0 Å². The van der Waals surface area contributed by atoms with Gasteiger partial charge in [0.1, 0.15) is 0 Å². The average molecular weight is 265 g/mol. The lowest BCUT2D eigenvalue weighted by atomic mass is 9.99. The van der Waals surface area contributed by atoms with Crippen LogP contribution in [0.3, 0.4) is 0 Å². The molecule has 1 unspecified atom stereocenters. The lowest BCUT2D eigenvalue weighted by molar-refractivity contribution is -0.137. The van der Waals surface area contributed by atoms with E-state index in [0.29, 0.717) is 11.4 Å². The second-order valence-electron chi connectivity index (χ2n) is 4.10. The van der Waals surface area contributed by atoms with Gasteiger partial charge in [-0.25, -0.2) is 0 Å². The summed E-state index contributed by atoms with van der Waals surface area (Å²) in [4.78, 5) is 14.8. The number of benzene rings is 1. The zero-order valence-electron chi connectivity index (χ0n) is 9.64. The number of carboxylic acids is 1. The second kappa shape index (κ2) is 5.33. The summed E-state index contributed by atoms with van der Waals surface area (Å²) in [5.41, 5.74) is 7.69. The minimum absolute atomic E-state index is 0.0541. The molecule has 18 heavy (non-hydrogen) atoms. The Morgan fingerprint density at radius 2 is 2.22 bits per heavy atom. The van der Waals surface area contributed by atoms with Crippen LogP contribution in [0.4, 0.5) is 0 Å². The van der Waals surface area contributed by atoms with E-state index in [1.807, 2.05) is 12.1 Å². The van der Waals surface area contributed by atoms with Gasteiger partial charge < -0.3 is 10.8 Å². The molecule has 2 aromatic rings. The lowest BCUT2D eigenvalue weighted by Gasteiger charge is -2.13. The molecule has 0 saturated carbocycles. The zero-order valence-corrected chi connectivity index (χ0v) is 10.4. The van der Waals surface area contributed by atoms with E-state index >= 15 is 0 Å². The molecule has 0 saturated heterocycles. The number of nitrogens with two attached hydrogens (primary N) is 1. The first kappa shape index (κ1) is 12.8. The number of pyridine rings is 1. The summed E-state index contributed by atoms with van der Waals surface area (Å²) in [6.07, 6.45) is 2.12. The highest BCUT2D eigenvalue weighted by Crippen LogP contribution is 2.26. The van der Waals surface area contributed by atoms with Crippen LogP contribution in [-0.2, 0) is 4.79 Å². The summed E-state index contributed by atoms with van der Waals surface area (Å²) >= 11 is 5.90. The summed E-state index contributed by atoms with van der Waals surface area (Å²) < 4.78 is 0. The molecule has 0 radical (unpaired) electrons. The fraction of sp³-hybridized carbons (Fsp3) is 0.231. The van der Waals surface area contributed by atoms with Crippen LogP contribution in [0.15, 0.2) is 30.5 Å². The van der Waals surface area contributed by atoms with Gasteiger partial charge in [-0.3, -0.25) is 9.78 Å². The fourth-order valence-corrected chi connectivity index (χ4v) is 2.07. The largest absolute Gasteiger partial charge is 0.481 e. The van der Waals surface area contributed by atoms with Crippen molar-refractivity contribution in [2.75, 3.05) is 0 Å². The van der Waals surface area contributed by atoms with Gasteiger partial charge >= 0.3 is 5.97 Å². The van der Waals surface area contributed by atoms with Crippen molar-refractivity contribution >= 4 is 28.5 Å². The van der Waals surface area contributed by atoms with Crippen LogP contribution in [0, 0.1) is 0 Å². The highest BCUT2D eigenvalue weighted by Gasteiger charge is 2.12. The Hall–Kier alpha value is -1.65. The predicted molar refractivity (Wildman–Crippen MR) is 70.6 cm³/mol. The third kappa shape index (κ3) is 2.78. The molecule has 4 nitrogen and oxygen atoms in total. The van der Waals surface area contributed by atoms with Gasteiger partial charge in [0, 0.05) is 29.1 Å². The molecule has 1 atom stereocenters. The Morgan fingerprint density at radius 3 is 2.94 bits per heavy atom. The number of fused-ring (bicyclic) bond motifs is 1. The van der Waals surface area contributed by atoms with Crippen molar-refractivity contribution in [2.45, 2.75) is 18.9 Å². The van der Waals surface area contributed by atoms with Gasteiger partial charge in [-0.1, -0.05) is 17.7 Å². The number of carbonyl (C=O) groups is 1. The van der Waals surface area contributed by atoms with E-state index in [1.165, 1.54) is 0 Å². The minimum Gasteiger partial charge on any atom is -0.481 e. The number of hydrogen-bond donors (Lipinski definition) is 2. The summed E-state index contributed by atoms with van der Waals surface area (Å²) in [6.45, 7) is 0. The number of carboxylic acid groups (broad SMARTS) is 1. The lowest BCUT2D eigenvalue weighted by Crippen LogP contribution is -2.12. The van der Waals surface area contributed by atoms with E-state index in [1.54, 1.807) is 18.3 Å². The first-order valence-electron chi connectivity index (χ1n) is 5.59. The fourth-order valence-electron chi connectivity index (χ4n) is 1.90. The third-order valence-corrected chi connectivity index (χ3v) is 3.04. The van der Waals surface area contributed by atoms with Gasteiger partial charge in [-0.05, 0) is 30.2 Å². The topological polar surface area (TPSA) is 76.2 Å². The Labute approximate surface area is 109 Å². The smallest absolute Gasteiger partial charge is 0.303 e. The Balaban J connectivity index is 2.35. The molecule has 0 aliphatic rings. The Bertz CT molecular complexity index is 586. The van der Waals surface area contributed by atoms with Crippen LogP contribution in [0.2, 0.25) is 5.02 Å². The van der Waals surface area contributed by atoms with Crippen molar-refractivity contribution < 1.29 is 9.90 Å². The average Bonchev–Trinajstić information content (AvgIpc) is 2.34. The molecule has 0 aliphatic heterocycles. The number of rotatable bonds is 4. The van der Waals surface area contributed by atoms with Gasteiger partial charge in [0.2, 0.25) is 0 Å². The summed E-state index contributed by atoms with van der Waals surface area (Å²) in [6, 6.07) is 6.92. The Kier molecular flexibility index (Phi) is 3.79. The SMILES string of the molecule is NC(CCC(=O)O)c1ccnc2cc(Cl)ccc12. The van der Waals surface area contributed by atoms with Gasteiger partial charge in [0.15, 0.2) is 0 Å². The molecule has 0 amide bonds. The maximum Gasteiger partial charge on any atom is 0.303 e. The maximum atomic E-state index is 10.6. The second-order valence-corrected chi connectivity index (χ2v) is 4.54. The minimum atomic E-state index is -0.841. The molecule has 1 aromatic carbocycles. The normalized spacial score (nSPS) is 12.6. The van der Waals surface area contributed by atoms with Crippen molar-refractivity contribution in [1.82, 2.24) is 4.98 Å². The molecule has 2 rings (SSSR count). The maximum absolute atomic E-state index is 10.6. The molecule has 0 fully saturated rings. The van der Waals surface area contributed by atoms with E-state index in [4.69, 9.17) is 22.4 Å². The number of hydrogen-bond acceptors (Lipinski definition) is 3. The van der Waals surface area contributed by atoms with E-state index in [0.717, 1.165) is 16.5 Å². The number of halogens is 1. The van der Waals surface area contributed by atoms with Crippen LogP contribution in [0.25, 0.3) is 10.9 Å². The third-order valence-electron chi connectivity index (χ3n) is 2.81. The van der Waals surface area contributed by atoms with E-state index in [2.05, 4.69) is 4.98 Å². The van der Waals surface area contributed by atoms with Crippen LogP contribution >= 0.6 is 11.6 Å². The van der Waals surface area contributed by atoms with Crippen LogP contribution in [-0.4, -0.2) is 16.1 Å². The predicted octanol–water partition coefficient (Wildman–Crippen LogP) is 2.75. The molecule has 1 heterocycles. The molecule has 1 aromatic heterocycles. The van der Waals surface area contributed by atoms with Gasteiger partial charge in [0.25, 0.3) is 0 Å². The molecular weight excluding hydrogens is 252 g/mol. The Morgan fingerprint density at radius 1 is 1.44 bits per heavy atom. The summed E-state index contributed by atoms with van der Waals surface area (Å²) in [7, 11) is 0. The standard InChI is InChI=1S/C13H13ClN2O2/c14-8-1-2-10-9(5-6-16-12(10)7-8)11(15)3-4-13(17)18/h1-2,5-7,11H,3-4,15H2,(H,17,18). The monoisotopic (exact) mass is 264 g/mol. The highest BCUT2D eigenvalue weighted by molar-refractivity contribution is 6.31. The first-order chi connectivity index (χ1) is 8.58. The molecular formula is C13H13ClN2O2. The van der Waals surface area contributed by atoms with Gasteiger partial charge in [0.05, 0.1) is 5.52 Å². The van der Waals surface area contributed by atoms with Crippen molar-refractivity contribution in [2.24, 2.45) is 5.73 Å². The van der Waals surface area contributed by atoms with Crippen LogP contribution < -0.4 is 5.73 Å². The van der Waals surface area contributed by atoms with Gasteiger partial charge in [-0.2, -0.15) is 0 Å². The van der Waals surface area contributed by atoms with E-state index in [9.17, 15) is 4.79 Å². The van der Waals surface area contributed by atoms with E-state index < -0.39 is 5.97 Å². The molecule has 0 spiro atoms. The molecule has 0 bridgehead atoms. The summed E-state index contributed by atoms with van der Waals surface area (Å²) in [5, 5.41) is 10.2. The summed E-state index contributed by atoms with van der Waals surface area (Å²) in [5.74, 6) is -0.841. The van der Waals surface area contributed by atoms with Gasteiger partial charge in [-0.15, -0.1) is 0 Å². The molecule has 5 heteroatoms.